The van der Waals surface area contributed by atoms with E-state index < -0.39 is 5.97 Å². The van der Waals surface area contributed by atoms with Gasteiger partial charge in [0.25, 0.3) is 0 Å². The summed E-state index contributed by atoms with van der Waals surface area (Å²) >= 11 is 0. The van der Waals surface area contributed by atoms with E-state index in [9.17, 15) is 4.79 Å². The summed E-state index contributed by atoms with van der Waals surface area (Å²) in [6, 6.07) is 14.5. The van der Waals surface area contributed by atoms with Crippen LogP contribution in [0, 0.1) is 0 Å². The number of aromatic carboxylic acids is 1. The first-order valence-corrected chi connectivity index (χ1v) is 5.32. The Bertz CT molecular complexity index is 532. The van der Waals surface area contributed by atoms with Crippen LogP contribution in [0.25, 0.3) is 0 Å². The minimum absolute atomic E-state index is 0.351. The van der Waals surface area contributed by atoms with E-state index in [4.69, 9.17) is 10.8 Å². The summed E-state index contributed by atoms with van der Waals surface area (Å²) in [5, 5.41) is 9.07. The molecule has 0 amide bonds. The Morgan fingerprint density at radius 1 is 1.06 bits per heavy atom. The molecule has 86 valence electrons. The quantitative estimate of drug-likeness (QED) is 0.792. The van der Waals surface area contributed by atoms with Crippen LogP contribution in [0.2, 0.25) is 0 Å². The molecule has 0 spiro atoms. The molecule has 3 nitrogen and oxygen atoms in total. The molecular weight excluding hydrogens is 214 g/mol. The van der Waals surface area contributed by atoms with Crippen LogP contribution in [0.4, 0.5) is 5.69 Å². The van der Waals surface area contributed by atoms with Gasteiger partial charge in [0.15, 0.2) is 0 Å². The highest BCUT2D eigenvalue weighted by Gasteiger charge is 2.08. The molecule has 2 rings (SSSR count). The van der Waals surface area contributed by atoms with E-state index in [0.29, 0.717) is 17.7 Å². The number of nitrogen functional groups attached to an aromatic ring is 1. The largest absolute Gasteiger partial charge is 0.478 e. The van der Waals surface area contributed by atoms with Gasteiger partial charge in [-0.15, -0.1) is 0 Å². The van der Waals surface area contributed by atoms with Crippen molar-refractivity contribution in [1.82, 2.24) is 0 Å². The Morgan fingerprint density at radius 3 is 2.35 bits per heavy atom. The summed E-state index contributed by atoms with van der Waals surface area (Å²) in [6.07, 6.45) is 0.600. The summed E-state index contributed by atoms with van der Waals surface area (Å²) in [5.41, 5.74) is 8.52. The second kappa shape index (κ2) is 4.70. The minimum Gasteiger partial charge on any atom is -0.478 e. The van der Waals surface area contributed by atoms with Crippen molar-refractivity contribution in [3.8, 4) is 0 Å². The maximum Gasteiger partial charge on any atom is 0.335 e. The molecule has 3 heteroatoms. The van der Waals surface area contributed by atoms with Gasteiger partial charge in [-0.2, -0.15) is 0 Å². The molecule has 0 unspecified atom stereocenters. The first-order chi connectivity index (χ1) is 8.16. The van der Waals surface area contributed by atoms with Crippen molar-refractivity contribution in [2.75, 3.05) is 5.73 Å². The van der Waals surface area contributed by atoms with Gasteiger partial charge in [-0.1, -0.05) is 30.3 Å². The highest BCUT2D eigenvalue weighted by molar-refractivity contribution is 5.89. The number of carboxylic acids is 1. The summed E-state index contributed by atoms with van der Waals surface area (Å²) in [4.78, 5) is 11.0. The lowest BCUT2D eigenvalue weighted by Crippen LogP contribution is -2.02. The fourth-order valence-corrected chi connectivity index (χ4v) is 1.74. The standard InChI is InChI=1S/C14H13NO2/c15-12-7-5-10(6-8-12)9-11-3-1-2-4-13(11)14(16)17/h1-8H,9,15H2,(H,16,17). The van der Waals surface area contributed by atoms with Gasteiger partial charge in [-0.25, -0.2) is 4.79 Å². The van der Waals surface area contributed by atoms with Crippen LogP contribution in [0.15, 0.2) is 48.5 Å². The van der Waals surface area contributed by atoms with Crippen molar-refractivity contribution in [3.05, 3.63) is 65.2 Å². The zero-order valence-electron chi connectivity index (χ0n) is 9.26. The second-order valence-electron chi connectivity index (χ2n) is 3.88. The van der Waals surface area contributed by atoms with Crippen molar-refractivity contribution in [2.24, 2.45) is 0 Å². The number of benzene rings is 2. The van der Waals surface area contributed by atoms with Gasteiger partial charge in [-0.05, 0) is 35.7 Å². The third-order valence-electron chi connectivity index (χ3n) is 2.62. The Labute approximate surface area is 99.5 Å². The van der Waals surface area contributed by atoms with Crippen molar-refractivity contribution in [3.63, 3.8) is 0 Å². The van der Waals surface area contributed by atoms with Crippen LogP contribution >= 0.6 is 0 Å². The zero-order valence-corrected chi connectivity index (χ0v) is 9.26. The Morgan fingerprint density at radius 2 is 1.71 bits per heavy atom. The van der Waals surface area contributed by atoms with E-state index in [2.05, 4.69) is 0 Å². The summed E-state index contributed by atoms with van der Waals surface area (Å²) < 4.78 is 0. The van der Waals surface area contributed by atoms with Gasteiger partial charge in [0.2, 0.25) is 0 Å². The molecule has 17 heavy (non-hydrogen) atoms. The molecule has 2 aromatic carbocycles. The molecule has 0 saturated heterocycles. The molecule has 0 aliphatic rings. The van der Waals surface area contributed by atoms with Crippen LogP contribution in [-0.2, 0) is 6.42 Å². The number of carbonyl (C=O) groups is 1. The predicted molar refractivity (Wildman–Crippen MR) is 67.1 cm³/mol. The molecule has 3 N–H and O–H groups in total. The van der Waals surface area contributed by atoms with E-state index in [-0.39, 0.29) is 0 Å². The normalized spacial score (nSPS) is 10.1. The number of hydrogen-bond donors (Lipinski definition) is 2. The number of hydrogen-bond acceptors (Lipinski definition) is 2. The number of rotatable bonds is 3. The SMILES string of the molecule is Nc1ccc(Cc2ccccc2C(=O)O)cc1. The minimum atomic E-state index is -0.893. The van der Waals surface area contributed by atoms with Crippen molar-refractivity contribution >= 4 is 11.7 Å². The maximum atomic E-state index is 11.0. The summed E-state index contributed by atoms with van der Waals surface area (Å²) in [5.74, 6) is -0.893. The van der Waals surface area contributed by atoms with E-state index in [1.165, 1.54) is 0 Å². The van der Waals surface area contributed by atoms with Crippen LogP contribution in [0.3, 0.4) is 0 Å². The maximum absolute atomic E-state index is 11.0. The van der Waals surface area contributed by atoms with Crippen LogP contribution in [0.5, 0.6) is 0 Å². The van der Waals surface area contributed by atoms with E-state index in [0.717, 1.165) is 11.1 Å². The average molecular weight is 227 g/mol. The van der Waals surface area contributed by atoms with Crippen molar-refractivity contribution in [2.45, 2.75) is 6.42 Å². The zero-order chi connectivity index (χ0) is 12.3. The van der Waals surface area contributed by atoms with E-state index in [1.807, 2.05) is 36.4 Å². The highest BCUT2D eigenvalue weighted by Crippen LogP contribution is 2.15. The van der Waals surface area contributed by atoms with Crippen molar-refractivity contribution < 1.29 is 9.90 Å². The number of nitrogens with two attached hydrogens (primary N) is 1. The molecule has 0 bridgehead atoms. The van der Waals surface area contributed by atoms with Gasteiger partial charge in [0, 0.05) is 5.69 Å². The average Bonchev–Trinajstić information content (AvgIpc) is 2.32. The van der Waals surface area contributed by atoms with Gasteiger partial charge in [0.1, 0.15) is 0 Å². The topological polar surface area (TPSA) is 63.3 Å². The molecular formula is C14H13NO2. The monoisotopic (exact) mass is 227 g/mol. The Hall–Kier alpha value is -2.29. The van der Waals surface area contributed by atoms with Gasteiger partial charge in [0.05, 0.1) is 5.56 Å². The van der Waals surface area contributed by atoms with E-state index in [1.54, 1.807) is 12.1 Å². The second-order valence-corrected chi connectivity index (χ2v) is 3.88. The lowest BCUT2D eigenvalue weighted by atomic mass is 10.00. The van der Waals surface area contributed by atoms with E-state index >= 15 is 0 Å². The molecule has 0 atom stereocenters. The summed E-state index contributed by atoms with van der Waals surface area (Å²) in [7, 11) is 0. The molecule has 0 aliphatic heterocycles. The summed E-state index contributed by atoms with van der Waals surface area (Å²) in [6.45, 7) is 0. The smallest absolute Gasteiger partial charge is 0.335 e. The molecule has 0 heterocycles. The molecule has 2 aromatic rings. The third-order valence-corrected chi connectivity index (χ3v) is 2.62. The number of carboxylic acid groups (broad SMARTS) is 1. The van der Waals surface area contributed by atoms with Crippen molar-refractivity contribution in [1.29, 1.82) is 0 Å². The Kier molecular flexibility index (Phi) is 3.10. The number of anilines is 1. The first kappa shape index (κ1) is 11.2. The molecule has 0 aromatic heterocycles. The molecule has 0 fully saturated rings. The fourth-order valence-electron chi connectivity index (χ4n) is 1.74. The molecule has 0 aliphatic carbocycles. The Balaban J connectivity index is 2.30. The predicted octanol–water partition coefficient (Wildman–Crippen LogP) is 2.56. The lowest BCUT2D eigenvalue weighted by molar-refractivity contribution is 0.0696. The van der Waals surface area contributed by atoms with Crippen LogP contribution in [0.1, 0.15) is 21.5 Å². The molecule has 0 saturated carbocycles. The first-order valence-electron chi connectivity index (χ1n) is 5.32. The third kappa shape index (κ3) is 2.64. The fraction of sp³-hybridized carbons (Fsp3) is 0.0714. The molecule has 0 radical (unpaired) electrons. The lowest BCUT2D eigenvalue weighted by Gasteiger charge is -2.06. The van der Waals surface area contributed by atoms with Gasteiger partial charge in [-0.3, -0.25) is 0 Å². The van der Waals surface area contributed by atoms with Crippen LogP contribution in [-0.4, -0.2) is 11.1 Å². The van der Waals surface area contributed by atoms with Gasteiger partial charge < -0.3 is 10.8 Å². The van der Waals surface area contributed by atoms with Crippen LogP contribution < -0.4 is 5.73 Å². The highest BCUT2D eigenvalue weighted by atomic mass is 16.4. The van der Waals surface area contributed by atoms with Gasteiger partial charge >= 0.3 is 5.97 Å².